The first-order valence-corrected chi connectivity index (χ1v) is 6.80. The molecule has 0 aliphatic heterocycles. The quantitative estimate of drug-likeness (QED) is 0.690. The Morgan fingerprint density at radius 2 is 2.26 bits per heavy atom. The molecule has 2 aromatic rings. The molecule has 8 heteroatoms. The summed E-state index contributed by atoms with van der Waals surface area (Å²) in [7, 11) is 0. The molecule has 2 heterocycles. The van der Waals surface area contributed by atoms with Gasteiger partial charge < -0.3 is 5.32 Å². The third-order valence-electron chi connectivity index (χ3n) is 2.41. The highest BCUT2D eigenvalue weighted by atomic mass is 35.5. The Balaban J connectivity index is 2.68. The standard InChI is InChI=1S/C11H11ClN4O2S/c1-3-13-11-14-6(2)9(16(17)18)8(15-11)10-7(12)4-5-19-10/h4-5H,3H2,1-2H3,(H,13,14,15). The molecule has 0 fully saturated rings. The average molecular weight is 299 g/mol. The van der Waals surface area contributed by atoms with Crippen LogP contribution in [0.4, 0.5) is 11.6 Å². The van der Waals surface area contributed by atoms with Crippen LogP contribution in [0.2, 0.25) is 5.02 Å². The van der Waals surface area contributed by atoms with Crippen molar-refractivity contribution in [1.29, 1.82) is 0 Å². The molecule has 0 aromatic carbocycles. The van der Waals surface area contributed by atoms with Crippen LogP contribution in [0.3, 0.4) is 0 Å². The Kier molecular flexibility index (Phi) is 3.96. The van der Waals surface area contributed by atoms with Crippen molar-refractivity contribution in [2.45, 2.75) is 13.8 Å². The molecule has 0 spiro atoms. The fourth-order valence-electron chi connectivity index (χ4n) is 1.64. The van der Waals surface area contributed by atoms with Crippen LogP contribution in [0, 0.1) is 17.0 Å². The van der Waals surface area contributed by atoms with Crippen LogP contribution in [-0.2, 0) is 0 Å². The number of aryl methyl sites for hydroxylation is 1. The van der Waals surface area contributed by atoms with Crippen molar-refractivity contribution in [3.63, 3.8) is 0 Å². The number of nitrogens with one attached hydrogen (secondary N) is 1. The lowest BCUT2D eigenvalue weighted by molar-refractivity contribution is -0.385. The molecule has 1 N–H and O–H groups in total. The van der Waals surface area contributed by atoms with Crippen molar-refractivity contribution in [3.05, 3.63) is 32.3 Å². The van der Waals surface area contributed by atoms with E-state index in [0.29, 0.717) is 28.1 Å². The summed E-state index contributed by atoms with van der Waals surface area (Å²) in [5.41, 5.74) is 0.467. The van der Waals surface area contributed by atoms with E-state index in [1.807, 2.05) is 6.92 Å². The molecule has 2 rings (SSSR count). The summed E-state index contributed by atoms with van der Waals surface area (Å²) in [6.45, 7) is 4.12. The van der Waals surface area contributed by atoms with E-state index in [1.165, 1.54) is 11.3 Å². The van der Waals surface area contributed by atoms with Crippen LogP contribution in [-0.4, -0.2) is 21.4 Å². The predicted molar refractivity (Wildman–Crippen MR) is 75.9 cm³/mol. The zero-order chi connectivity index (χ0) is 14.0. The second kappa shape index (κ2) is 5.50. The number of thiophene rings is 1. The summed E-state index contributed by atoms with van der Waals surface area (Å²) in [5.74, 6) is 0.366. The fourth-order valence-corrected chi connectivity index (χ4v) is 2.78. The van der Waals surface area contributed by atoms with Crippen molar-refractivity contribution in [1.82, 2.24) is 9.97 Å². The molecule has 0 radical (unpaired) electrons. The lowest BCUT2D eigenvalue weighted by Gasteiger charge is -2.07. The molecule has 0 bridgehead atoms. The molecular weight excluding hydrogens is 288 g/mol. The largest absolute Gasteiger partial charge is 0.354 e. The summed E-state index contributed by atoms with van der Waals surface area (Å²) >= 11 is 7.35. The molecule has 0 saturated carbocycles. The van der Waals surface area contributed by atoms with Crippen LogP contribution in [0.1, 0.15) is 12.6 Å². The van der Waals surface area contributed by atoms with E-state index in [4.69, 9.17) is 11.6 Å². The Labute approximate surface area is 118 Å². The number of halogens is 1. The van der Waals surface area contributed by atoms with Gasteiger partial charge in [0, 0.05) is 6.54 Å². The van der Waals surface area contributed by atoms with E-state index >= 15 is 0 Å². The average Bonchev–Trinajstić information content (AvgIpc) is 2.74. The van der Waals surface area contributed by atoms with E-state index in [9.17, 15) is 10.1 Å². The van der Waals surface area contributed by atoms with Gasteiger partial charge in [-0.3, -0.25) is 10.1 Å². The van der Waals surface area contributed by atoms with Gasteiger partial charge in [0.15, 0.2) is 5.69 Å². The van der Waals surface area contributed by atoms with Gasteiger partial charge in [0.2, 0.25) is 5.95 Å². The number of nitro groups is 1. The van der Waals surface area contributed by atoms with Crippen LogP contribution in [0.5, 0.6) is 0 Å². The molecule has 6 nitrogen and oxygen atoms in total. The third kappa shape index (κ3) is 2.66. The van der Waals surface area contributed by atoms with E-state index in [2.05, 4.69) is 15.3 Å². The Hall–Kier alpha value is -1.73. The van der Waals surface area contributed by atoms with E-state index in [1.54, 1.807) is 18.4 Å². The molecule has 0 saturated heterocycles. The highest BCUT2D eigenvalue weighted by Gasteiger charge is 2.25. The Morgan fingerprint density at radius 3 is 2.79 bits per heavy atom. The number of aromatic nitrogens is 2. The Bertz CT molecular complexity index is 629. The highest BCUT2D eigenvalue weighted by Crippen LogP contribution is 2.38. The van der Waals surface area contributed by atoms with Crippen LogP contribution in [0.25, 0.3) is 10.6 Å². The first-order chi connectivity index (χ1) is 9.04. The van der Waals surface area contributed by atoms with Crippen molar-refractivity contribution in [2.75, 3.05) is 11.9 Å². The zero-order valence-corrected chi connectivity index (χ0v) is 11.9. The second-order valence-electron chi connectivity index (χ2n) is 3.71. The third-order valence-corrected chi connectivity index (χ3v) is 3.76. The van der Waals surface area contributed by atoms with Crippen molar-refractivity contribution in [2.24, 2.45) is 0 Å². The molecule has 2 aromatic heterocycles. The minimum atomic E-state index is -0.476. The minimum absolute atomic E-state index is 0.106. The number of rotatable bonds is 4. The zero-order valence-electron chi connectivity index (χ0n) is 10.3. The van der Waals surface area contributed by atoms with Gasteiger partial charge in [-0.25, -0.2) is 9.97 Å². The summed E-state index contributed by atoms with van der Waals surface area (Å²) in [6, 6.07) is 1.69. The highest BCUT2D eigenvalue weighted by molar-refractivity contribution is 7.14. The van der Waals surface area contributed by atoms with Gasteiger partial charge in [-0.05, 0) is 25.3 Å². The molecule has 19 heavy (non-hydrogen) atoms. The van der Waals surface area contributed by atoms with E-state index < -0.39 is 4.92 Å². The summed E-state index contributed by atoms with van der Waals surface area (Å²) < 4.78 is 0. The lowest BCUT2D eigenvalue weighted by atomic mass is 10.2. The van der Waals surface area contributed by atoms with Gasteiger partial charge in [-0.1, -0.05) is 11.6 Å². The summed E-state index contributed by atoms with van der Waals surface area (Å²) in [5, 5.41) is 16.4. The normalized spacial score (nSPS) is 10.5. The smallest absolute Gasteiger partial charge is 0.317 e. The van der Waals surface area contributed by atoms with Crippen LogP contribution >= 0.6 is 22.9 Å². The van der Waals surface area contributed by atoms with E-state index in [0.717, 1.165) is 0 Å². The molecule has 0 atom stereocenters. The van der Waals surface area contributed by atoms with Crippen LogP contribution in [0.15, 0.2) is 11.4 Å². The maximum atomic E-state index is 11.2. The number of hydrogen-bond acceptors (Lipinski definition) is 6. The number of nitrogens with zero attached hydrogens (tertiary/aromatic N) is 3. The van der Waals surface area contributed by atoms with Gasteiger partial charge in [0.1, 0.15) is 5.69 Å². The van der Waals surface area contributed by atoms with Crippen molar-refractivity contribution < 1.29 is 4.92 Å². The molecule has 0 amide bonds. The van der Waals surface area contributed by atoms with Crippen molar-refractivity contribution in [3.8, 4) is 10.6 Å². The topological polar surface area (TPSA) is 81.0 Å². The first kappa shape index (κ1) is 13.7. The second-order valence-corrected chi connectivity index (χ2v) is 5.04. The molecule has 0 aliphatic rings. The fraction of sp³-hybridized carbons (Fsp3) is 0.273. The maximum absolute atomic E-state index is 11.2. The predicted octanol–water partition coefficient (Wildman–Crippen LogP) is 3.51. The maximum Gasteiger partial charge on any atom is 0.317 e. The van der Waals surface area contributed by atoms with Crippen molar-refractivity contribution >= 4 is 34.6 Å². The molecule has 100 valence electrons. The van der Waals surface area contributed by atoms with Gasteiger partial charge in [0.05, 0.1) is 14.8 Å². The lowest BCUT2D eigenvalue weighted by Crippen LogP contribution is -2.07. The van der Waals surface area contributed by atoms with E-state index in [-0.39, 0.29) is 11.4 Å². The monoisotopic (exact) mass is 298 g/mol. The number of hydrogen-bond donors (Lipinski definition) is 1. The van der Waals surface area contributed by atoms with Gasteiger partial charge >= 0.3 is 5.69 Å². The molecule has 0 unspecified atom stereocenters. The van der Waals surface area contributed by atoms with Gasteiger partial charge in [0.25, 0.3) is 0 Å². The SMILES string of the molecule is CCNc1nc(C)c([N+](=O)[O-])c(-c2sccc2Cl)n1. The van der Waals surface area contributed by atoms with Gasteiger partial charge in [-0.2, -0.15) is 0 Å². The summed E-state index contributed by atoms with van der Waals surface area (Å²) in [6.07, 6.45) is 0. The molecular formula is C11H11ClN4O2S. The van der Waals surface area contributed by atoms with Gasteiger partial charge in [-0.15, -0.1) is 11.3 Å². The van der Waals surface area contributed by atoms with Crippen LogP contribution < -0.4 is 5.32 Å². The molecule has 0 aliphatic carbocycles. The first-order valence-electron chi connectivity index (χ1n) is 5.54. The Morgan fingerprint density at radius 1 is 1.53 bits per heavy atom. The number of anilines is 1. The minimum Gasteiger partial charge on any atom is -0.354 e. The summed E-state index contributed by atoms with van der Waals surface area (Å²) in [4.78, 5) is 19.6.